The molecule has 0 radical (unpaired) electrons. The molecule has 0 saturated carbocycles. The zero-order valence-electron chi connectivity index (χ0n) is 12.4. The predicted molar refractivity (Wildman–Crippen MR) is 83.8 cm³/mol. The summed E-state index contributed by atoms with van der Waals surface area (Å²) in [5.74, 6) is 0.182. The summed E-state index contributed by atoms with van der Waals surface area (Å²) in [6, 6.07) is 7.54. The summed E-state index contributed by atoms with van der Waals surface area (Å²) in [6.07, 6.45) is 6.87. The minimum absolute atomic E-state index is 0.182. The van der Waals surface area contributed by atoms with E-state index in [1.165, 1.54) is 0 Å². The van der Waals surface area contributed by atoms with Crippen molar-refractivity contribution in [3.63, 3.8) is 0 Å². The summed E-state index contributed by atoms with van der Waals surface area (Å²) in [6.45, 7) is 3.84. The third-order valence-corrected chi connectivity index (χ3v) is 4.86. The van der Waals surface area contributed by atoms with Crippen molar-refractivity contribution in [2.24, 2.45) is 0 Å². The van der Waals surface area contributed by atoms with E-state index in [2.05, 4.69) is 9.71 Å². The van der Waals surface area contributed by atoms with Crippen molar-refractivity contribution in [2.45, 2.75) is 32.7 Å². The van der Waals surface area contributed by atoms with Crippen LogP contribution >= 0.6 is 0 Å². The first-order chi connectivity index (χ1) is 10.0. The second kappa shape index (κ2) is 6.87. The maximum Gasteiger partial charge on any atom is 0.212 e. The molecule has 5 nitrogen and oxygen atoms in total. The molecule has 0 spiro atoms. The molecule has 0 bridgehead atoms. The van der Waals surface area contributed by atoms with Crippen LogP contribution in [0.1, 0.15) is 38.3 Å². The van der Waals surface area contributed by atoms with E-state index in [1.54, 1.807) is 12.5 Å². The summed E-state index contributed by atoms with van der Waals surface area (Å²) in [5.41, 5.74) is 1.94. The minimum Gasteiger partial charge on any atom is -0.306 e. The summed E-state index contributed by atoms with van der Waals surface area (Å²) < 4.78 is 28.4. The fraction of sp³-hybridized carbons (Fsp3) is 0.400. The Morgan fingerprint density at radius 3 is 2.57 bits per heavy atom. The van der Waals surface area contributed by atoms with Gasteiger partial charge in [-0.05, 0) is 31.0 Å². The van der Waals surface area contributed by atoms with Crippen molar-refractivity contribution in [3.8, 4) is 5.69 Å². The van der Waals surface area contributed by atoms with E-state index in [9.17, 15) is 8.42 Å². The molecule has 0 aliphatic rings. The molecule has 2 aromatic rings. The zero-order chi connectivity index (χ0) is 15.3. The third kappa shape index (κ3) is 4.41. The molecule has 1 N–H and O–H groups in total. The van der Waals surface area contributed by atoms with Crippen LogP contribution in [0.15, 0.2) is 43.0 Å². The molecule has 0 aliphatic heterocycles. The number of hydrogen-bond acceptors (Lipinski definition) is 3. The van der Waals surface area contributed by atoms with Crippen molar-refractivity contribution in [1.82, 2.24) is 14.3 Å². The zero-order valence-corrected chi connectivity index (χ0v) is 13.2. The molecule has 1 heterocycles. The van der Waals surface area contributed by atoms with Crippen LogP contribution in [-0.2, 0) is 10.0 Å². The van der Waals surface area contributed by atoms with E-state index >= 15 is 0 Å². The Morgan fingerprint density at radius 2 is 2.00 bits per heavy atom. The molecule has 21 heavy (non-hydrogen) atoms. The quantitative estimate of drug-likeness (QED) is 0.855. The number of hydrogen-bond donors (Lipinski definition) is 1. The fourth-order valence-electron chi connectivity index (χ4n) is 2.08. The molecule has 6 heteroatoms. The number of aromatic nitrogens is 2. The van der Waals surface area contributed by atoms with Gasteiger partial charge in [0.25, 0.3) is 0 Å². The van der Waals surface area contributed by atoms with Gasteiger partial charge in [0.15, 0.2) is 0 Å². The number of sulfonamides is 1. The highest BCUT2D eigenvalue weighted by Crippen LogP contribution is 2.16. The molecule has 0 fully saturated rings. The highest BCUT2D eigenvalue weighted by atomic mass is 32.2. The van der Waals surface area contributed by atoms with Crippen molar-refractivity contribution < 1.29 is 8.42 Å². The Balaban J connectivity index is 2.05. The first-order valence-corrected chi connectivity index (χ1v) is 8.75. The first-order valence-electron chi connectivity index (χ1n) is 7.10. The number of rotatable bonds is 7. The van der Waals surface area contributed by atoms with Crippen LogP contribution in [0.3, 0.4) is 0 Å². The number of imidazole rings is 1. The van der Waals surface area contributed by atoms with Gasteiger partial charge in [-0.15, -0.1) is 0 Å². The average molecular weight is 307 g/mol. The van der Waals surface area contributed by atoms with Crippen molar-refractivity contribution in [2.75, 3.05) is 5.75 Å². The smallest absolute Gasteiger partial charge is 0.212 e. The van der Waals surface area contributed by atoms with Crippen LogP contribution in [0.5, 0.6) is 0 Å². The summed E-state index contributed by atoms with van der Waals surface area (Å²) >= 11 is 0. The summed E-state index contributed by atoms with van der Waals surface area (Å²) in [4.78, 5) is 4.00. The molecule has 0 unspecified atom stereocenters. The van der Waals surface area contributed by atoms with Crippen molar-refractivity contribution in [3.05, 3.63) is 48.5 Å². The van der Waals surface area contributed by atoms with E-state index in [0.29, 0.717) is 6.42 Å². The molecule has 1 aromatic carbocycles. The van der Waals surface area contributed by atoms with Crippen LogP contribution in [0.25, 0.3) is 5.69 Å². The molecule has 0 aliphatic carbocycles. The number of unbranched alkanes of at least 4 members (excludes halogenated alkanes) is 1. The number of nitrogens with one attached hydrogen (secondary N) is 1. The van der Waals surface area contributed by atoms with Gasteiger partial charge >= 0.3 is 0 Å². The average Bonchev–Trinajstić information content (AvgIpc) is 2.99. The Kier molecular flexibility index (Phi) is 5.14. The van der Waals surface area contributed by atoms with Gasteiger partial charge in [-0.1, -0.05) is 25.5 Å². The molecule has 1 atom stereocenters. The Labute approximate surface area is 126 Å². The Morgan fingerprint density at radius 1 is 1.29 bits per heavy atom. The van der Waals surface area contributed by atoms with Gasteiger partial charge in [0.2, 0.25) is 10.0 Å². The standard InChI is InChI=1S/C15H21N3O2S/c1-3-4-11-21(19,20)17-13(2)14-5-7-15(8-6-14)18-10-9-16-12-18/h5-10,12-13,17H,3-4,11H2,1-2H3/t13-/m0/s1. The number of benzene rings is 1. The SMILES string of the molecule is CCCCS(=O)(=O)N[C@@H](C)c1ccc(-n2ccnc2)cc1. The van der Waals surface area contributed by atoms with Gasteiger partial charge in [-0.3, -0.25) is 0 Å². The predicted octanol–water partition coefficient (Wildman–Crippen LogP) is 2.65. The summed E-state index contributed by atoms with van der Waals surface area (Å²) in [7, 11) is -3.21. The van der Waals surface area contributed by atoms with Gasteiger partial charge < -0.3 is 4.57 Å². The molecule has 1 aromatic heterocycles. The Bertz CT molecular complexity index is 649. The lowest BCUT2D eigenvalue weighted by atomic mass is 10.1. The van der Waals surface area contributed by atoms with E-state index in [-0.39, 0.29) is 11.8 Å². The second-order valence-electron chi connectivity index (χ2n) is 5.07. The Hall–Kier alpha value is -1.66. The molecule has 114 valence electrons. The lowest BCUT2D eigenvalue weighted by molar-refractivity contribution is 0.564. The van der Waals surface area contributed by atoms with Crippen LogP contribution in [0.4, 0.5) is 0 Å². The highest BCUT2D eigenvalue weighted by molar-refractivity contribution is 7.89. The largest absolute Gasteiger partial charge is 0.306 e. The lowest BCUT2D eigenvalue weighted by Gasteiger charge is -2.15. The van der Waals surface area contributed by atoms with E-state index < -0.39 is 10.0 Å². The molecule has 2 rings (SSSR count). The topological polar surface area (TPSA) is 64.0 Å². The third-order valence-electron chi connectivity index (χ3n) is 3.32. The van der Waals surface area contributed by atoms with Crippen LogP contribution in [-0.4, -0.2) is 23.7 Å². The maximum atomic E-state index is 11.9. The van der Waals surface area contributed by atoms with Gasteiger partial charge in [0.05, 0.1) is 12.1 Å². The molecular formula is C15H21N3O2S. The first kappa shape index (κ1) is 15.7. The lowest BCUT2D eigenvalue weighted by Crippen LogP contribution is -2.29. The van der Waals surface area contributed by atoms with Gasteiger partial charge in [-0.2, -0.15) is 0 Å². The molecule has 0 saturated heterocycles. The van der Waals surface area contributed by atoms with Crippen molar-refractivity contribution in [1.29, 1.82) is 0 Å². The normalized spacial score (nSPS) is 13.2. The number of nitrogens with zero attached hydrogens (tertiary/aromatic N) is 2. The van der Waals surface area contributed by atoms with E-state index in [4.69, 9.17) is 0 Å². The van der Waals surface area contributed by atoms with Crippen LogP contribution in [0, 0.1) is 0 Å². The van der Waals surface area contributed by atoms with E-state index in [1.807, 2.05) is 48.9 Å². The highest BCUT2D eigenvalue weighted by Gasteiger charge is 2.15. The van der Waals surface area contributed by atoms with Gasteiger partial charge in [0, 0.05) is 24.1 Å². The van der Waals surface area contributed by atoms with Gasteiger partial charge in [0.1, 0.15) is 0 Å². The van der Waals surface area contributed by atoms with Crippen LogP contribution < -0.4 is 4.72 Å². The minimum atomic E-state index is -3.21. The van der Waals surface area contributed by atoms with Crippen molar-refractivity contribution >= 4 is 10.0 Å². The molecule has 0 amide bonds. The van der Waals surface area contributed by atoms with E-state index in [0.717, 1.165) is 17.7 Å². The summed E-state index contributed by atoms with van der Waals surface area (Å²) in [5, 5.41) is 0. The maximum absolute atomic E-state index is 11.9. The second-order valence-corrected chi connectivity index (χ2v) is 6.95. The molecular weight excluding hydrogens is 286 g/mol. The van der Waals surface area contributed by atoms with Crippen LogP contribution in [0.2, 0.25) is 0 Å². The van der Waals surface area contributed by atoms with Gasteiger partial charge in [-0.25, -0.2) is 18.1 Å². The monoisotopic (exact) mass is 307 g/mol. The fourth-order valence-corrected chi connectivity index (χ4v) is 3.54.